The molecular weight excluding hydrogens is 272 g/mol. The van der Waals surface area contributed by atoms with Gasteiger partial charge < -0.3 is 15.0 Å². The van der Waals surface area contributed by atoms with Gasteiger partial charge in [0.05, 0.1) is 6.61 Å². The molecule has 114 valence electrons. The highest BCUT2D eigenvalue weighted by atomic mass is 32.2. The monoisotopic (exact) mass is 298 g/mol. The fourth-order valence-electron chi connectivity index (χ4n) is 2.21. The number of hydrogen-bond acceptors (Lipinski definition) is 5. The van der Waals surface area contributed by atoms with Gasteiger partial charge in [-0.25, -0.2) is 0 Å². The van der Waals surface area contributed by atoms with Crippen LogP contribution in [-0.4, -0.2) is 43.8 Å². The SMILES string of the molecule is Cc1nnc(SCCCCC(C)(CO)NC2CC2)n1C. The molecule has 1 atom stereocenters. The molecule has 0 radical (unpaired) electrons. The lowest BCUT2D eigenvalue weighted by Gasteiger charge is -2.29. The van der Waals surface area contributed by atoms with Crippen LogP contribution in [-0.2, 0) is 7.05 Å². The maximum atomic E-state index is 9.55. The Morgan fingerprint density at radius 1 is 1.40 bits per heavy atom. The number of rotatable bonds is 9. The second kappa shape index (κ2) is 6.91. The second-order valence-corrected chi connectivity index (χ2v) is 7.09. The van der Waals surface area contributed by atoms with Crippen molar-refractivity contribution in [3.63, 3.8) is 0 Å². The molecule has 1 aromatic heterocycles. The summed E-state index contributed by atoms with van der Waals surface area (Å²) >= 11 is 1.76. The van der Waals surface area contributed by atoms with E-state index < -0.39 is 0 Å². The van der Waals surface area contributed by atoms with E-state index in [1.165, 1.54) is 12.8 Å². The van der Waals surface area contributed by atoms with Gasteiger partial charge in [0, 0.05) is 24.4 Å². The lowest BCUT2D eigenvalue weighted by Crippen LogP contribution is -2.46. The number of nitrogens with zero attached hydrogens (tertiary/aromatic N) is 3. The minimum absolute atomic E-state index is 0.104. The number of unbranched alkanes of at least 4 members (excludes halogenated alkanes) is 1. The molecule has 0 saturated heterocycles. The second-order valence-electron chi connectivity index (χ2n) is 6.03. The molecule has 0 amide bonds. The quantitative estimate of drug-likeness (QED) is 0.538. The maximum absolute atomic E-state index is 9.55. The largest absolute Gasteiger partial charge is 0.394 e. The first-order chi connectivity index (χ1) is 9.54. The minimum atomic E-state index is -0.104. The van der Waals surface area contributed by atoms with Crippen LogP contribution in [0.4, 0.5) is 0 Å². The van der Waals surface area contributed by atoms with E-state index in [9.17, 15) is 5.11 Å². The Hall–Kier alpha value is -0.590. The highest BCUT2D eigenvalue weighted by Gasteiger charge is 2.31. The van der Waals surface area contributed by atoms with E-state index in [2.05, 4.69) is 22.4 Å². The third kappa shape index (κ3) is 4.46. The highest BCUT2D eigenvalue weighted by molar-refractivity contribution is 7.99. The molecule has 0 bridgehead atoms. The van der Waals surface area contributed by atoms with Gasteiger partial charge in [-0.3, -0.25) is 0 Å². The van der Waals surface area contributed by atoms with Gasteiger partial charge in [-0.2, -0.15) is 0 Å². The smallest absolute Gasteiger partial charge is 0.190 e. The van der Waals surface area contributed by atoms with Crippen LogP contribution in [0.25, 0.3) is 0 Å². The summed E-state index contributed by atoms with van der Waals surface area (Å²) in [5.74, 6) is 2.01. The Bertz CT molecular complexity index is 433. The average Bonchev–Trinajstić information content (AvgIpc) is 3.18. The summed E-state index contributed by atoms with van der Waals surface area (Å²) in [4.78, 5) is 0. The molecular formula is C14H26N4OS. The number of aromatic nitrogens is 3. The van der Waals surface area contributed by atoms with E-state index in [0.29, 0.717) is 6.04 Å². The van der Waals surface area contributed by atoms with E-state index in [1.54, 1.807) is 11.8 Å². The number of nitrogens with one attached hydrogen (secondary N) is 1. The average molecular weight is 298 g/mol. The molecule has 6 heteroatoms. The zero-order valence-corrected chi connectivity index (χ0v) is 13.5. The number of aliphatic hydroxyl groups excluding tert-OH is 1. The van der Waals surface area contributed by atoms with E-state index in [0.717, 1.165) is 36.0 Å². The summed E-state index contributed by atoms with van der Waals surface area (Å²) in [5, 5.41) is 22.3. The fourth-order valence-corrected chi connectivity index (χ4v) is 3.17. The van der Waals surface area contributed by atoms with Crippen molar-refractivity contribution < 1.29 is 5.11 Å². The lowest BCUT2D eigenvalue weighted by atomic mass is 9.96. The molecule has 1 aromatic rings. The molecule has 1 aliphatic rings. The summed E-state index contributed by atoms with van der Waals surface area (Å²) < 4.78 is 2.02. The van der Waals surface area contributed by atoms with Crippen LogP contribution < -0.4 is 5.32 Å². The van der Waals surface area contributed by atoms with Crippen molar-refractivity contribution in [1.29, 1.82) is 0 Å². The van der Waals surface area contributed by atoms with Gasteiger partial charge in [0.15, 0.2) is 5.16 Å². The summed E-state index contributed by atoms with van der Waals surface area (Å²) in [6.07, 6.45) is 5.81. The Balaban J connectivity index is 1.64. The Morgan fingerprint density at radius 3 is 2.70 bits per heavy atom. The van der Waals surface area contributed by atoms with Gasteiger partial charge in [-0.1, -0.05) is 18.2 Å². The van der Waals surface area contributed by atoms with Gasteiger partial charge >= 0.3 is 0 Å². The predicted octanol–water partition coefficient (Wildman–Crippen LogP) is 1.89. The number of aliphatic hydroxyl groups is 1. The maximum Gasteiger partial charge on any atom is 0.190 e. The van der Waals surface area contributed by atoms with Crippen molar-refractivity contribution in [1.82, 2.24) is 20.1 Å². The molecule has 0 aromatic carbocycles. The first kappa shape index (κ1) is 15.8. The van der Waals surface area contributed by atoms with Gasteiger partial charge in [-0.15, -0.1) is 10.2 Å². The molecule has 2 N–H and O–H groups in total. The summed E-state index contributed by atoms with van der Waals surface area (Å²) in [5.41, 5.74) is -0.104. The van der Waals surface area contributed by atoms with Crippen molar-refractivity contribution in [2.75, 3.05) is 12.4 Å². The third-order valence-electron chi connectivity index (χ3n) is 3.89. The normalized spacial score (nSPS) is 18.2. The molecule has 5 nitrogen and oxygen atoms in total. The van der Waals surface area contributed by atoms with Crippen LogP contribution in [0.5, 0.6) is 0 Å². The first-order valence-electron chi connectivity index (χ1n) is 7.41. The molecule has 0 spiro atoms. The number of aryl methyl sites for hydroxylation is 1. The molecule has 1 unspecified atom stereocenters. The van der Waals surface area contributed by atoms with Crippen LogP contribution >= 0.6 is 11.8 Å². The lowest BCUT2D eigenvalue weighted by molar-refractivity contribution is 0.161. The Kier molecular flexibility index (Phi) is 5.46. The standard InChI is InChI=1S/C14H26N4OS/c1-11-16-17-13(18(11)3)20-9-5-4-8-14(2,10-19)15-12-6-7-12/h12,15,19H,4-10H2,1-3H3. The predicted molar refractivity (Wildman–Crippen MR) is 82.0 cm³/mol. The molecule has 1 fully saturated rings. The Morgan fingerprint density at radius 2 is 2.15 bits per heavy atom. The molecule has 1 saturated carbocycles. The zero-order chi connectivity index (χ0) is 14.6. The summed E-state index contributed by atoms with van der Waals surface area (Å²) in [6, 6.07) is 0.642. The minimum Gasteiger partial charge on any atom is -0.394 e. The van der Waals surface area contributed by atoms with E-state index in [4.69, 9.17) is 0 Å². The van der Waals surface area contributed by atoms with E-state index in [1.807, 2.05) is 18.5 Å². The van der Waals surface area contributed by atoms with Crippen molar-refractivity contribution in [3.8, 4) is 0 Å². The van der Waals surface area contributed by atoms with Gasteiger partial charge in [-0.05, 0) is 39.5 Å². The topological polar surface area (TPSA) is 63.0 Å². The van der Waals surface area contributed by atoms with Crippen molar-refractivity contribution in [2.24, 2.45) is 7.05 Å². The van der Waals surface area contributed by atoms with Gasteiger partial charge in [0.25, 0.3) is 0 Å². The number of hydrogen-bond donors (Lipinski definition) is 2. The van der Waals surface area contributed by atoms with Crippen molar-refractivity contribution >= 4 is 11.8 Å². The van der Waals surface area contributed by atoms with Crippen molar-refractivity contribution in [3.05, 3.63) is 5.82 Å². The summed E-state index contributed by atoms with van der Waals surface area (Å²) in [7, 11) is 2.00. The molecule has 1 heterocycles. The first-order valence-corrected chi connectivity index (χ1v) is 8.40. The summed E-state index contributed by atoms with van der Waals surface area (Å²) in [6.45, 7) is 4.32. The highest BCUT2D eigenvalue weighted by Crippen LogP contribution is 2.25. The van der Waals surface area contributed by atoms with Crippen LogP contribution in [0.2, 0.25) is 0 Å². The number of thioether (sulfide) groups is 1. The van der Waals surface area contributed by atoms with Crippen LogP contribution in [0.15, 0.2) is 5.16 Å². The van der Waals surface area contributed by atoms with E-state index in [-0.39, 0.29) is 12.1 Å². The van der Waals surface area contributed by atoms with Crippen LogP contribution in [0.3, 0.4) is 0 Å². The van der Waals surface area contributed by atoms with E-state index >= 15 is 0 Å². The van der Waals surface area contributed by atoms with Gasteiger partial charge in [0.2, 0.25) is 0 Å². The fraction of sp³-hybridized carbons (Fsp3) is 0.857. The Labute approximate surface area is 125 Å². The van der Waals surface area contributed by atoms with Crippen molar-refractivity contribution in [2.45, 2.75) is 62.7 Å². The third-order valence-corrected chi connectivity index (χ3v) is 4.99. The molecule has 1 aliphatic carbocycles. The zero-order valence-electron chi connectivity index (χ0n) is 12.7. The van der Waals surface area contributed by atoms with Crippen LogP contribution in [0.1, 0.15) is 44.9 Å². The molecule has 0 aliphatic heterocycles. The molecule has 2 rings (SSSR count). The van der Waals surface area contributed by atoms with Crippen LogP contribution in [0, 0.1) is 6.92 Å². The molecule has 20 heavy (non-hydrogen) atoms. The van der Waals surface area contributed by atoms with Gasteiger partial charge in [0.1, 0.15) is 5.82 Å².